The van der Waals surface area contributed by atoms with Gasteiger partial charge in [0.25, 0.3) is 0 Å². The van der Waals surface area contributed by atoms with Crippen LogP contribution in [0.3, 0.4) is 0 Å². The Kier molecular flexibility index (Phi) is 2.52. The number of rotatable bonds is 1. The molecule has 1 aromatic carbocycles. The van der Waals surface area contributed by atoms with Gasteiger partial charge in [-0.2, -0.15) is 5.06 Å². The fourth-order valence-electron chi connectivity index (χ4n) is 0.721. The van der Waals surface area contributed by atoms with Crippen molar-refractivity contribution in [3.8, 4) is 0 Å². The van der Waals surface area contributed by atoms with Gasteiger partial charge in [0, 0.05) is 5.02 Å². The van der Waals surface area contributed by atoms with E-state index in [4.69, 9.17) is 28.0 Å². The summed E-state index contributed by atoms with van der Waals surface area (Å²) in [4.78, 5) is 0. The van der Waals surface area contributed by atoms with Crippen LogP contribution in [0.15, 0.2) is 24.3 Å². The molecule has 0 unspecified atom stereocenters. The van der Waals surface area contributed by atoms with Crippen LogP contribution in [-0.4, -0.2) is 11.2 Å². The van der Waals surface area contributed by atoms with E-state index < -0.39 is 5.96 Å². The van der Waals surface area contributed by atoms with Gasteiger partial charge in [0.2, 0.25) is 5.96 Å². The van der Waals surface area contributed by atoms with E-state index in [-0.39, 0.29) is 0 Å². The Morgan fingerprint density at radius 3 is 2.33 bits per heavy atom. The van der Waals surface area contributed by atoms with Crippen molar-refractivity contribution >= 4 is 23.2 Å². The maximum absolute atomic E-state index is 9.13. The van der Waals surface area contributed by atoms with Crippen molar-refractivity contribution in [2.45, 2.75) is 0 Å². The number of guanidine groups is 1. The predicted molar refractivity (Wildman–Crippen MR) is 47.6 cm³/mol. The summed E-state index contributed by atoms with van der Waals surface area (Å²) in [6.45, 7) is 0. The second-order valence-electron chi connectivity index (χ2n) is 2.17. The summed E-state index contributed by atoms with van der Waals surface area (Å²) in [6, 6.07) is 6.32. The number of nitrogens with two attached hydrogens (primary N) is 1. The van der Waals surface area contributed by atoms with Crippen LogP contribution < -0.4 is 10.8 Å². The first-order chi connectivity index (χ1) is 5.61. The summed E-state index contributed by atoms with van der Waals surface area (Å²) in [6.07, 6.45) is 0. The molecule has 0 saturated carbocycles. The van der Waals surface area contributed by atoms with Gasteiger partial charge in [0.15, 0.2) is 0 Å². The molecule has 0 heterocycles. The Labute approximate surface area is 74.6 Å². The first-order valence-electron chi connectivity index (χ1n) is 3.20. The molecule has 0 aliphatic carbocycles. The minimum Gasteiger partial charge on any atom is -0.368 e. The Morgan fingerprint density at radius 2 is 1.92 bits per heavy atom. The molecule has 4 N–H and O–H groups in total. The molecule has 12 heavy (non-hydrogen) atoms. The summed E-state index contributed by atoms with van der Waals surface area (Å²) in [7, 11) is 0. The van der Waals surface area contributed by atoms with Crippen LogP contribution in [0.5, 0.6) is 0 Å². The normalized spacial score (nSPS) is 9.50. The second-order valence-corrected chi connectivity index (χ2v) is 2.61. The van der Waals surface area contributed by atoms with Gasteiger partial charge in [-0.3, -0.25) is 10.6 Å². The summed E-state index contributed by atoms with van der Waals surface area (Å²) in [5, 5.41) is 17.2. The van der Waals surface area contributed by atoms with E-state index in [9.17, 15) is 0 Å². The molecule has 0 spiro atoms. The predicted octanol–water partition coefficient (Wildman–Crippen LogP) is 1.43. The van der Waals surface area contributed by atoms with Crippen molar-refractivity contribution in [1.82, 2.24) is 0 Å². The number of nitrogens with zero attached hydrogens (tertiary/aromatic N) is 1. The quantitative estimate of drug-likeness (QED) is 0.352. The molecule has 1 rings (SSSR count). The highest BCUT2D eigenvalue weighted by Crippen LogP contribution is 2.15. The topological polar surface area (TPSA) is 73.3 Å². The Bertz CT molecular complexity index is 285. The fourth-order valence-corrected chi connectivity index (χ4v) is 0.847. The summed E-state index contributed by atoms with van der Waals surface area (Å²) < 4.78 is 0. The van der Waals surface area contributed by atoms with Gasteiger partial charge in [0.05, 0.1) is 5.69 Å². The van der Waals surface area contributed by atoms with Gasteiger partial charge < -0.3 is 5.73 Å². The van der Waals surface area contributed by atoms with Crippen LogP contribution in [0.4, 0.5) is 5.69 Å². The first kappa shape index (κ1) is 8.83. The second kappa shape index (κ2) is 3.42. The van der Waals surface area contributed by atoms with Crippen molar-refractivity contribution in [3.63, 3.8) is 0 Å². The highest BCUT2D eigenvalue weighted by molar-refractivity contribution is 6.30. The number of anilines is 1. The monoisotopic (exact) mass is 185 g/mol. The number of nitrogens with one attached hydrogen (secondary N) is 1. The van der Waals surface area contributed by atoms with Crippen molar-refractivity contribution < 1.29 is 5.21 Å². The van der Waals surface area contributed by atoms with Crippen LogP contribution in [-0.2, 0) is 0 Å². The van der Waals surface area contributed by atoms with Gasteiger partial charge in [-0.1, -0.05) is 11.6 Å². The van der Waals surface area contributed by atoms with Gasteiger partial charge >= 0.3 is 0 Å². The van der Waals surface area contributed by atoms with E-state index >= 15 is 0 Å². The molecule has 0 amide bonds. The van der Waals surface area contributed by atoms with Crippen molar-refractivity contribution in [2.24, 2.45) is 5.73 Å². The zero-order valence-corrected chi connectivity index (χ0v) is 6.92. The number of hydrogen-bond acceptors (Lipinski definition) is 2. The van der Waals surface area contributed by atoms with E-state index in [1.54, 1.807) is 24.3 Å². The van der Waals surface area contributed by atoms with Gasteiger partial charge in [0.1, 0.15) is 0 Å². The molecular weight excluding hydrogens is 178 g/mol. The molecule has 0 aliphatic heterocycles. The highest BCUT2D eigenvalue weighted by Gasteiger charge is 2.03. The maximum atomic E-state index is 9.13. The summed E-state index contributed by atoms with van der Waals surface area (Å²) >= 11 is 5.61. The van der Waals surface area contributed by atoms with Gasteiger partial charge in [-0.05, 0) is 24.3 Å². The third-order valence-corrected chi connectivity index (χ3v) is 1.55. The Hall–Kier alpha value is -1.26. The smallest absolute Gasteiger partial charge is 0.217 e. The lowest BCUT2D eigenvalue weighted by Gasteiger charge is -2.13. The minimum atomic E-state index is -0.433. The number of halogens is 1. The first-order valence-corrected chi connectivity index (χ1v) is 3.57. The lowest BCUT2D eigenvalue weighted by atomic mass is 10.3. The maximum Gasteiger partial charge on any atom is 0.217 e. The number of hydrogen-bond donors (Lipinski definition) is 3. The molecule has 0 bridgehead atoms. The lowest BCUT2D eigenvalue weighted by Crippen LogP contribution is -2.33. The largest absolute Gasteiger partial charge is 0.368 e. The molecule has 1 aromatic rings. The average molecular weight is 186 g/mol. The summed E-state index contributed by atoms with van der Waals surface area (Å²) in [5.41, 5.74) is 5.44. The van der Waals surface area contributed by atoms with Crippen LogP contribution in [0.2, 0.25) is 5.02 Å². The third kappa shape index (κ3) is 1.87. The van der Waals surface area contributed by atoms with E-state index in [1.165, 1.54) is 0 Å². The van der Waals surface area contributed by atoms with E-state index in [1.807, 2.05) is 0 Å². The zero-order chi connectivity index (χ0) is 9.14. The third-order valence-electron chi connectivity index (χ3n) is 1.30. The van der Waals surface area contributed by atoms with E-state index in [0.717, 1.165) is 0 Å². The molecule has 4 nitrogen and oxygen atoms in total. The molecule has 0 aliphatic rings. The molecule has 0 aromatic heterocycles. The molecule has 0 atom stereocenters. The molecule has 0 radical (unpaired) electrons. The minimum absolute atomic E-state index is 0.409. The van der Waals surface area contributed by atoms with Crippen LogP contribution in [0.25, 0.3) is 0 Å². The summed E-state index contributed by atoms with van der Waals surface area (Å²) in [5.74, 6) is -0.433. The fraction of sp³-hybridized carbons (Fsp3) is 0. The Morgan fingerprint density at radius 1 is 1.42 bits per heavy atom. The van der Waals surface area contributed by atoms with E-state index in [2.05, 4.69) is 0 Å². The SMILES string of the molecule is N=C(N)N(O)c1ccc(Cl)cc1. The molecule has 5 heteroatoms. The molecule has 0 saturated heterocycles. The van der Waals surface area contributed by atoms with Crippen LogP contribution in [0.1, 0.15) is 0 Å². The lowest BCUT2D eigenvalue weighted by molar-refractivity contribution is 0.310. The van der Waals surface area contributed by atoms with Crippen LogP contribution in [0, 0.1) is 5.41 Å². The zero-order valence-electron chi connectivity index (χ0n) is 6.16. The van der Waals surface area contributed by atoms with Crippen molar-refractivity contribution in [3.05, 3.63) is 29.3 Å². The number of hydroxylamine groups is 1. The standard InChI is InChI=1S/C7H8ClN3O/c8-5-1-3-6(4-2-5)11(12)7(9)10/h1-4,12H,(H3,9,10). The molecule has 64 valence electrons. The highest BCUT2D eigenvalue weighted by atomic mass is 35.5. The van der Waals surface area contributed by atoms with Crippen LogP contribution >= 0.6 is 11.6 Å². The van der Waals surface area contributed by atoms with Gasteiger partial charge in [-0.15, -0.1) is 0 Å². The van der Waals surface area contributed by atoms with Crippen molar-refractivity contribution in [2.75, 3.05) is 5.06 Å². The average Bonchev–Trinajstić information content (AvgIpc) is 2.04. The molecule has 0 fully saturated rings. The Balaban J connectivity index is 2.89. The number of benzene rings is 1. The molecular formula is C7H8ClN3O. The van der Waals surface area contributed by atoms with E-state index in [0.29, 0.717) is 15.8 Å². The van der Waals surface area contributed by atoms with Crippen molar-refractivity contribution in [1.29, 1.82) is 5.41 Å². The van der Waals surface area contributed by atoms with Gasteiger partial charge in [-0.25, -0.2) is 0 Å².